The number of rotatable bonds is 6. The van der Waals surface area contributed by atoms with E-state index in [0.29, 0.717) is 17.5 Å². The van der Waals surface area contributed by atoms with E-state index in [4.69, 9.17) is 9.84 Å². The fourth-order valence-electron chi connectivity index (χ4n) is 1.35. The monoisotopic (exact) mass is 243 g/mol. The SMILES string of the molecule is COCC(C)N(C)Cc1ccc(C(=O)O)s1. The lowest BCUT2D eigenvalue weighted by molar-refractivity contribution is 0.0702. The quantitative estimate of drug-likeness (QED) is 0.829. The van der Waals surface area contributed by atoms with E-state index in [1.807, 2.05) is 13.1 Å². The number of aromatic carboxylic acids is 1. The van der Waals surface area contributed by atoms with E-state index in [2.05, 4.69) is 11.8 Å². The number of hydrogen-bond acceptors (Lipinski definition) is 4. The topological polar surface area (TPSA) is 49.8 Å². The molecule has 90 valence electrons. The average Bonchev–Trinajstić information content (AvgIpc) is 2.66. The standard InChI is InChI=1S/C11H17NO3S/c1-8(7-15-3)12(2)6-9-4-5-10(16-9)11(13)14/h4-5,8H,6-7H2,1-3H3,(H,13,14). The highest BCUT2D eigenvalue weighted by molar-refractivity contribution is 7.13. The highest BCUT2D eigenvalue weighted by Crippen LogP contribution is 2.18. The number of methoxy groups -OCH3 is 1. The maximum atomic E-state index is 10.7. The third-order valence-corrected chi connectivity index (χ3v) is 3.50. The van der Waals surface area contributed by atoms with Crippen molar-refractivity contribution in [1.29, 1.82) is 0 Å². The van der Waals surface area contributed by atoms with Crippen molar-refractivity contribution >= 4 is 17.3 Å². The molecule has 1 rings (SSSR count). The summed E-state index contributed by atoms with van der Waals surface area (Å²) in [5.74, 6) is -0.858. The molecule has 0 saturated carbocycles. The summed E-state index contributed by atoms with van der Waals surface area (Å²) in [6.07, 6.45) is 0. The van der Waals surface area contributed by atoms with Gasteiger partial charge in [0.05, 0.1) is 6.61 Å². The normalized spacial score (nSPS) is 13.0. The predicted molar refractivity (Wildman–Crippen MR) is 64.1 cm³/mol. The van der Waals surface area contributed by atoms with Crippen LogP contribution < -0.4 is 0 Å². The largest absolute Gasteiger partial charge is 0.477 e. The lowest BCUT2D eigenvalue weighted by Crippen LogP contribution is -2.31. The van der Waals surface area contributed by atoms with Crippen LogP contribution in [0.25, 0.3) is 0 Å². The van der Waals surface area contributed by atoms with Crippen LogP contribution >= 0.6 is 11.3 Å². The van der Waals surface area contributed by atoms with Crippen LogP contribution in [-0.4, -0.2) is 42.8 Å². The van der Waals surface area contributed by atoms with E-state index >= 15 is 0 Å². The van der Waals surface area contributed by atoms with E-state index in [-0.39, 0.29) is 0 Å². The van der Waals surface area contributed by atoms with E-state index < -0.39 is 5.97 Å². The molecule has 0 fully saturated rings. The molecule has 1 aromatic heterocycles. The second-order valence-corrected chi connectivity index (χ2v) is 4.96. The van der Waals surface area contributed by atoms with E-state index in [1.165, 1.54) is 11.3 Å². The molecule has 0 radical (unpaired) electrons. The zero-order valence-corrected chi connectivity index (χ0v) is 10.6. The summed E-state index contributed by atoms with van der Waals surface area (Å²) in [5.41, 5.74) is 0. The fraction of sp³-hybridized carbons (Fsp3) is 0.545. The first kappa shape index (κ1) is 13.2. The van der Waals surface area contributed by atoms with Gasteiger partial charge in [0.2, 0.25) is 0 Å². The Kier molecular flexibility index (Phi) is 4.92. The summed E-state index contributed by atoms with van der Waals surface area (Å²) in [4.78, 5) is 14.3. The van der Waals surface area contributed by atoms with Crippen LogP contribution in [0.3, 0.4) is 0 Å². The van der Waals surface area contributed by atoms with Crippen LogP contribution in [0.1, 0.15) is 21.5 Å². The molecular weight excluding hydrogens is 226 g/mol. The van der Waals surface area contributed by atoms with Crippen LogP contribution in [0.15, 0.2) is 12.1 Å². The van der Waals surface area contributed by atoms with Gasteiger partial charge in [0.25, 0.3) is 0 Å². The zero-order valence-electron chi connectivity index (χ0n) is 9.77. The molecule has 1 aromatic rings. The number of nitrogens with zero attached hydrogens (tertiary/aromatic N) is 1. The smallest absolute Gasteiger partial charge is 0.345 e. The van der Waals surface area contributed by atoms with Crippen molar-refractivity contribution in [3.8, 4) is 0 Å². The Morgan fingerprint density at radius 1 is 1.62 bits per heavy atom. The molecule has 1 heterocycles. The third kappa shape index (κ3) is 3.59. The number of carboxylic acid groups (broad SMARTS) is 1. The maximum Gasteiger partial charge on any atom is 0.345 e. The van der Waals surface area contributed by atoms with Gasteiger partial charge >= 0.3 is 5.97 Å². The Bertz CT molecular complexity index is 351. The second kappa shape index (κ2) is 5.98. The van der Waals surface area contributed by atoms with Gasteiger partial charge in [0.15, 0.2) is 0 Å². The number of ether oxygens (including phenoxy) is 1. The molecule has 0 aromatic carbocycles. The molecule has 0 aliphatic heterocycles. The highest BCUT2D eigenvalue weighted by Gasteiger charge is 2.12. The van der Waals surface area contributed by atoms with Crippen molar-refractivity contribution in [2.24, 2.45) is 0 Å². The van der Waals surface area contributed by atoms with Crippen LogP contribution in [0, 0.1) is 0 Å². The summed E-state index contributed by atoms with van der Waals surface area (Å²) in [6.45, 7) is 3.51. The van der Waals surface area contributed by atoms with Crippen LogP contribution in [0.2, 0.25) is 0 Å². The van der Waals surface area contributed by atoms with Crippen molar-refractivity contribution < 1.29 is 14.6 Å². The first-order valence-corrected chi connectivity index (χ1v) is 5.87. The Morgan fingerprint density at radius 2 is 2.31 bits per heavy atom. The van der Waals surface area contributed by atoms with Crippen molar-refractivity contribution in [2.75, 3.05) is 20.8 Å². The van der Waals surface area contributed by atoms with E-state index in [0.717, 1.165) is 11.4 Å². The summed E-state index contributed by atoms with van der Waals surface area (Å²) in [5, 5.41) is 8.80. The second-order valence-electron chi connectivity index (χ2n) is 3.79. The van der Waals surface area contributed by atoms with Crippen molar-refractivity contribution in [3.63, 3.8) is 0 Å². The molecule has 0 saturated heterocycles. The third-order valence-electron chi connectivity index (χ3n) is 2.44. The van der Waals surface area contributed by atoms with Crippen molar-refractivity contribution in [3.05, 3.63) is 21.9 Å². The van der Waals surface area contributed by atoms with Gasteiger partial charge in [-0.1, -0.05) is 0 Å². The maximum absolute atomic E-state index is 10.7. The molecule has 0 aliphatic rings. The van der Waals surface area contributed by atoms with Crippen LogP contribution in [0.4, 0.5) is 0 Å². The number of likely N-dealkylation sites (N-methyl/N-ethyl adjacent to an activating group) is 1. The van der Waals surface area contributed by atoms with Gasteiger partial charge in [0, 0.05) is 24.6 Å². The Balaban J connectivity index is 2.55. The van der Waals surface area contributed by atoms with E-state index in [1.54, 1.807) is 13.2 Å². The molecule has 16 heavy (non-hydrogen) atoms. The number of carbonyl (C=O) groups is 1. The Hall–Kier alpha value is -0.910. The number of hydrogen-bond donors (Lipinski definition) is 1. The van der Waals surface area contributed by atoms with Crippen LogP contribution in [-0.2, 0) is 11.3 Å². The minimum absolute atomic E-state index is 0.320. The fourth-order valence-corrected chi connectivity index (χ4v) is 2.26. The van der Waals surface area contributed by atoms with Crippen molar-refractivity contribution in [2.45, 2.75) is 19.5 Å². The first-order chi connectivity index (χ1) is 7.54. The molecule has 0 spiro atoms. The molecule has 0 bridgehead atoms. The van der Waals surface area contributed by atoms with Gasteiger partial charge in [-0.25, -0.2) is 4.79 Å². The van der Waals surface area contributed by atoms with Crippen LogP contribution in [0.5, 0.6) is 0 Å². The first-order valence-electron chi connectivity index (χ1n) is 5.05. The average molecular weight is 243 g/mol. The summed E-state index contributed by atoms with van der Waals surface area (Å²) < 4.78 is 5.07. The Labute approximate surface area is 99.5 Å². The Morgan fingerprint density at radius 3 is 2.81 bits per heavy atom. The summed E-state index contributed by atoms with van der Waals surface area (Å²) in [6, 6.07) is 3.83. The minimum Gasteiger partial charge on any atom is -0.477 e. The molecule has 0 amide bonds. The van der Waals surface area contributed by atoms with E-state index in [9.17, 15) is 4.79 Å². The van der Waals surface area contributed by atoms with Gasteiger partial charge in [-0.15, -0.1) is 11.3 Å². The molecule has 0 aliphatic carbocycles. The van der Waals surface area contributed by atoms with Crippen molar-refractivity contribution in [1.82, 2.24) is 4.90 Å². The molecular formula is C11H17NO3S. The minimum atomic E-state index is -0.858. The molecule has 1 N–H and O–H groups in total. The summed E-state index contributed by atoms with van der Waals surface area (Å²) >= 11 is 1.32. The van der Waals surface area contributed by atoms with Gasteiger partial charge in [-0.05, 0) is 26.1 Å². The van der Waals surface area contributed by atoms with Gasteiger partial charge in [0.1, 0.15) is 4.88 Å². The molecule has 1 atom stereocenters. The highest BCUT2D eigenvalue weighted by atomic mass is 32.1. The predicted octanol–water partition coefficient (Wildman–Crippen LogP) is 1.91. The molecule has 5 heteroatoms. The molecule has 1 unspecified atom stereocenters. The van der Waals surface area contributed by atoms with Gasteiger partial charge < -0.3 is 9.84 Å². The molecule has 4 nitrogen and oxygen atoms in total. The summed E-state index contributed by atoms with van der Waals surface area (Å²) in [7, 11) is 3.68. The lowest BCUT2D eigenvalue weighted by Gasteiger charge is -2.23. The zero-order chi connectivity index (χ0) is 12.1. The van der Waals surface area contributed by atoms with Gasteiger partial charge in [-0.2, -0.15) is 0 Å². The lowest BCUT2D eigenvalue weighted by atomic mass is 10.3. The number of carboxylic acids is 1. The van der Waals surface area contributed by atoms with Gasteiger partial charge in [-0.3, -0.25) is 4.90 Å². The number of thiophene rings is 1.